The number of benzene rings is 2. The molecule has 2 amide bonds. The van der Waals surface area contributed by atoms with E-state index in [4.69, 9.17) is 14.0 Å². The zero-order valence-electron chi connectivity index (χ0n) is 18.5. The normalized spacial score (nSPS) is 19.0. The Kier molecular flexibility index (Phi) is 5.59. The first kappa shape index (κ1) is 22.4. The number of hydrogen-bond donors (Lipinski definition) is 0. The summed E-state index contributed by atoms with van der Waals surface area (Å²) in [5.74, 6) is -2.17. The molecule has 13 heteroatoms. The van der Waals surface area contributed by atoms with Crippen molar-refractivity contribution in [2.45, 2.75) is 25.6 Å². The number of methoxy groups -OCH3 is 1. The molecule has 2 aliphatic rings. The van der Waals surface area contributed by atoms with Crippen LogP contribution in [-0.4, -0.2) is 52.8 Å². The van der Waals surface area contributed by atoms with Gasteiger partial charge in [-0.25, -0.2) is 13.7 Å². The number of nitrogens with zero attached hydrogens (tertiary/aromatic N) is 6. The fourth-order valence-corrected chi connectivity index (χ4v) is 3.89. The fourth-order valence-electron chi connectivity index (χ4n) is 3.89. The third-order valence-electron chi connectivity index (χ3n) is 5.51. The Labute approximate surface area is 196 Å². The highest BCUT2D eigenvalue weighted by molar-refractivity contribution is 6.25. The fraction of sp³-hybridized carbons (Fsp3) is 0.273. The molecule has 2 atom stereocenters. The highest BCUT2D eigenvalue weighted by Gasteiger charge is 2.55. The summed E-state index contributed by atoms with van der Waals surface area (Å²) in [6.07, 6.45) is 0. The van der Waals surface area contributed by atoms with E-state index in [0.717, 1.165) is 23.1 Å². The quantitative estimate of drug-likeness (QED) is 0.469. The molecule has 0 N–H and O–H groups in total. The van der Waals surface area contributed by atoms with E-state index >= 15 is 0 Å². The van der Waals surface area contributed by atoms with Crippen molar-refractivity contribution in [3.63, 3.8) is 0 Å². The van der Waals surface area contributed by atoms with Crippen LogP contribution in [-0.2, 0) is 16.1 Å². The first-order valence-electron chi connectivity index (χ1n) is 10.5. The number of fused-ring (bicyclic) bond motifs is 1. The summed E-state index contributed by atoms with van der Waals surface area (Å²) in [5.41, 5.74) is 0.519. The van der Waals surface area contributed by atoms with Crippen LogP contribution in [0.3, 0.4) is 0 Å². The number of ether oxygens (including phenoxy) is 2. The van der Waals surface area contributed by atoms with Crippen LogP contribution in [0, 0.1) is 11.6 Å². The molecule has 2 aromatic carbocycles. The van der Waals surface area contributed by atoms with Crippen LogP contribution in [0.15, 0.2) is 51.3 Å². The summed E-state index contributed by atoms with van der Waals surface area (Å²) in [6, 6.07) is 5.74. The molecule has 1 aromatic heterocycles. The van der Waals surface area contributed by atoms with Crippen molar-refractivity contribution in [2.75, 3.05) is 18.6 Å². The second kappa shape index (κ2) is 8.74. The van der Waals surface area contributed by atoms with Crippen molar-refractivity contribution >= 4 is 17.5 Å². The number of carbonyl (C=O) groups excluding carboxylic acids is 2. The minimum absolute atomic E-state index is 0.0898. The second-order valence-corrected chi connectivity index (χ2v) is 7.61. The monoisotopic (exact) mass is 484 g/mol. The third kappa shape index (κ3) is 3.84. The standard InChI is InChI=1S/C22H18F2N6O5/c1-3-34-15-7-4-11(8-16(15)33-2)20-25-17(35-27-20)10-29-19-18(26-28-29)21(31)30(22(19)32)12-5-6-13(23)14(24)9-12/h4-9,18-19H,3,10H2,1-2H3/t18-,19+/m1/s1. The number of aromatic nitrogens is 2. The molecular weight excluding hydrogens is 466 g/mol. The summed E-state index contributed by atoms with van der Waals surface area (Å²) < 4.78 is 43.1. The van der Waals surface area contributed by atoms with E-state index < -0.39 is 35.5 Å². The van der Waals surface area contributed by atoms with E-state index in [1.165, 1.54) is 12.1 Å². The van der Waals surface area contributed by atoms with Crippen molar-refractivity contribution < 1.29 is 32.4 Å². The molecule has 3 aromatic rings. The highest BCUT2D eigenvalue weighted by Crippen LogP contribution is 2.34. The van der Waals surface area contributed by atoms with Gasteiger partial charge in [0.25, 0.3) is 11.8 Å². The third-order valence-corrected chi connectivity index (χ3v) is 5.51. The van der Waals surface area contributed by atoms with Gasteiger partial charge in [-0.1, -0.05) is 10.4 Å². The van der Waals surface area contributed by atoms with Crippen molar-refractivity contribution in [3.05, 3.63) is 53.9 Å². The smallest absolute Gasteiger partial charge is 0.263 e. The predicted molar refractivity (Wildman–Crippen MR) is 114 cm³/mol. The molecule has 3 heterocycles. The predicted octanol–water partition coefficient (Wildman–Crippen LogP) is 2.92. The molecule has 0 bridgehead atoms. The number of imide groups is 1. The Bertz CT molecular complexity index is 1350. The zero-order chi connectivity index (χ0) is 24.7. The first-order chi connectivity index (χ1) is 16.9. The van der Waals surface area contributed by atoms with Crippen LogP contribution < -0.4 is 14.4 Å². The topological polar surface area (TPSA) is 123 Å². The van der Waals surface area contributed by atoms with Gasteiger partial charge in [-0.2, -0.15) is 10.1 Å². The molecule has 1 saturated heterocycles. The highest BCUT2D eigenvalue weighted by atomic mass is 19.2. The lowest BCUT2D eigenvalue weighted by molar-refractivity contribution is -0.123. The van der Waals surface area contributed by atoms with Gasteiger partial charge in [0.15, 0.2) is 35.2 Å². The van der Waals surface area contributed by atoms with E-state index in [-0.39, 0.29) is 23.9 Å². The molecule has 0 spiro atoms. The average Bonchev–Trinajstić information content (AvgIpc) is 3.54. The molecule has 1 fully saturated rings. The van der Waals surface area contributed by atoms with E-state index in [0.29, 0.717) is 23.7 Å². The number of hydrogen-bond acceptors (Lipinski definition) is 10. The maximum atomic E-state index is 13.7. The van der Waals surface area contributed by atoms with Gasteiger partial charge in [-0.15, -0.1) is 0 Å². The lowest BCUT2D eigenvalue weighted by Crippen LogP contribution is -2.39. The van der Waals surface area contributed by atoms with Gasteiger partial charge in [-0.05, 0) is 37.3 Å². The molecule has 35 heavy (non-hydrogen) atoms. The maximum absolute atomic E-state index is 13.7. The second-order valence-electron chi connectivity index (χ2n) is 7.61. The molecule has 11 nitrogen and oxygen atoms in total. The first-order valence-corrected chi connectivity index (χ1v) is 10.5. The zero-order valence-corrected chi connectivity index (χ0v) is 18.5. The average molecular weight is 484 g/mol. The van der Waals surface area contributed by atoms with E-state index in [2.05, 4.69) is 20.5 Å². The molecule has 5 rings (SSSR count). The van der Waals surface area contributed by atoms with Crippen molar-refractivity contribution in [3.8, 4) is 22.9 Å². The van der Waals surface area contributed by atoms with Gasteiger partial charge >= 0.3 is 0 Å². The minimum atomic E-state index is -1.18. The summed E-state index contributed by atoms with van der Waals surface area (Å²) in [5, 5.41) is 13.0. The minimum Gasteiger partial charge on any atom is -0.493 e. The summed E-state index contributed by atoms with van der Waals surface area (Å²) in [4.78, 5) is 30.9. The van der Waals surface area contributed by atoms with Crippen molar-refractivity contribution in [2.24, 2.45) is 10.3 Å². The maximum Gasteiger partial charge on any atom is 0.263 e. The number of anilines is 1. The number of carbonyl (C=O) groups is 2. The van der Waals surface area contributed by atoms with Crippen LogP contribution in [0.2, 0.25) is 0 Å². The molecular formula is C22H18F2N6O5. The van der Waals surface area contributed by atoms with Gasteiger partial charge in [0, 0.05) is 11.6 Å². The SMILES string of the molecule is CCOc1ccc(-c2noc(CN3N=N[C@H]4C(=O)N(c5ccc(F)c(F)c5)C(=O)[C@H]43)n2)cc1OC. The molecule has 0 saturated carbocycles. The summed E-state index contributed by atoms with van der Waals surface area (Å²) in [7, 11) is 1.52. The van der Waals surface area contributed by atoms with Crippen LogP contribution in [0.1, 0.15) is 12.8 Å². The molecule has 2 aliphatic heterocycles. The molecule has 180 valence electrons. The molecule has 0 radical (unpaired) electrons. The van der Waals surface area contributed by atoms with E-state index in [1.54, 1.807) is 18.2 Å². The van der Waals surface area contributed by atoms with Gasteiger partial charge in [0.2, 0.25) is 11.7 Å². The Balaban J connectivity index is 1.34. The number of halogens is 2. The lowest BCUT2D eigenvalue weighted by Gasteiger charge is -2.19. The van der Waals surface area contributed by atoms with Gasteiger partial charge in [0.1, 0.15) is 6.54 Å². The number of rotatable bonds is 7. The number of amides is 2. The van der Waals surface area contributed by atoms with Crippen LogP contribution >= 0.6 is 0 Å². The van der Waals surface area contributed by atoms with Gasteiger partial charge < -0.3 is 14.0 Å². The lowest BCUT2D eigenvalue weighted by atomic mass is 10.1. The molecule has 0 aliphatic carbocycles. The Morgan fingerprint density at radius 2 is 1.89 bits per heavy atom. The van der Waals surface area contributed by atoms with Crippen LogP contribution in [0.5, 0.6) is 11.5 Å². The largest absolute Gasteiger partial charge is 0.493 e. The summed E-state index contributed by atoms with van der Waals surface area (Å²) >= 11 is 0. The Morgan fingerprint density at radius 3 is 2.63 bits per heavy atom. The van der Waals surface area contributed by atoms with Crippen molar-refractivity contribution in [1.29, 1.82) is 0 Å². The van der Waals surface area contributed by atoms with Crippen LogP contribution in [0.4, 0.5) is 14.5 Å². The Morgan fingerprint density at radius 1 is 1.06 bits per heavy atom. The van der Waals surface area contributed by atoms with Crippen molar-refractivity contribution in [1.82, 2.24) is 15.1 Å². The van der Waals surface area contributed by atoms with Gasteiger partial charge in [0.05, 0.1) is 19.4 Å². The summed E-state index contributed by atoms with van der Waals surface area (Å²) in [6.45, 7) is 2.23. The molecule has 0 unspecified atom stereocenters. The van der Waals surface area contributed by atoms with E-state index in [1.807, 2.05) is 6.92 Å². The van der Waals surface area contributed by atoms with Gasteiger partial charge in [-0.3, -0.25) is 14.6 Å². The van der Waals surface area contributed by atoms with E-state index in [9.17, 15) is 18.4 Å². The Hall–Kier alpha value is -4.42. The van der Waals surface area contributed by atoms with Crippen LogP contribution in [0.25, 0.3) is 11.4 Å².